The minimum Gasteiger partial charge on any atom is -0.374 e. The average molecular weight is 306 g/mol. The summed E-state index contributed by atoms with van der Waals surface area (Å²) in [5, 5.41) is 6.14. The maximum Gasteiger partial charge on any atom is 0.251 e. The Morgan fingerprint density at radius 2 is 1.87 bits per heavy atom. The lowest BCUT2D eigenvalue weighted by atomic mass is 10.1. The van der Waals surface area contributed by atoms with Crippen molar-refractivity contribution in [1.29, 1.82) is 0 Å². The van der Waals surface area contributed by atoms with Crippen molar-refractivity contribution in [2.75, 3.05) is 18.4 Å². The Bertz CT molecular complexity index is 696. The van der Waals surface area contributed by atoms with Crippen LogP contribution in [0, 0.1) is 17.8 Å². The van der Waals surface area contributed by atoms with Gasteiger partial charge in [0.1, 0.15) is 0 Å². The number of amides is 1. The molecule has 1 amide bonds. The molecule has 2 aromatic rings. The van der Waals surface area contributed by atoms with Crippen molar-refractivity contribution in [2.45, 2.75) is 13.8 Å². The first-order valence-electron chi connectivity index (χ1n) is 7.81. The zero-order valence-corrected chi connectivity index (χ0v) is 13.6. The molecule has 0 spiro atoms. The van der Waals surface area contributed by atoms with Crippen LogP contribution in [-0.4, -0.2) is 19.0 Å². The van der Waals surface area contributed by atoms with Gasteiger partial charge >= 0.3 is 0 Å². The van der Waals surface area contributed by atoms with Crippen molar-refractivity contribution in [3.8, 4) is 11.8 Å². The van der Waals surface area contributed by atoms with Gasteiger partial charge in [-0.25, -0.2) is 0 Å². The summed E-state index contributed by atoms with van der Waals surface area (Å²) in [4.78, 5) is 12.0. The number of hydrogen-bond donors (Lipinski definition) is 2. The number of nitrogens with one attached hydrogen (secondary N) is 2. The minimum absolute atomic E-state index is 0.0438. The number of benzene rings is 2. The second-order valence-corrected chi connectivity index (χ2v) is 5.71. The molecule has 3 heteroatoms. The zero-order valence-electron chi connectivity index (χ0n) is 13.6. The van der Waals surface area contributed by atoms with Crippen molar-refractivity contribution in [3.63, 3.8) is 0 Å². The highest BCUT2D eigenvalue weighted by Gasteiger charge is 2.06. The van der Waals surface area contributed by atoms with Crippen LogP contribution in [0.5, 0.6) is 0 Å². The van der Waals surface area contributed by atoms with Crippen LogP contribution in [0.1, 0.15) is 29.8 Å². The molecule has 3 nitrogen and oxygen atoms in total. The van der Waals surface area contributed by atoms with Crippen LogP contribution in [0.15, 0.2) is 54.6 Å². The second kappa shape index (κ2) is 8.65. The van der Waals surface area contributed by atoms with Crippen LogP contribution < -0.4 is 10.6 Å². The maximum absolute atomic E-state index is 12.0. The fourth-order valence-corrected chi connectivity index (χ4v) is 1.98. The first-order valence-corrected chi connectivity index (χ1v) is 7.81. The Balaban J connectivity index is 1.90. The van der Waals surface area contributed by atoms with E-state index in [2.05, 4.69) is 36.3 Å². The summed E-state index contributed by atoms with van der Waals surface area (Å²) in [7, 11) is 0. The van der Waals surface area contributed by atoms with E-state index < -0.39 is 0 Å². The number of carbonyl (C=O) groups excluding carboxylic acids is 1. The summed E-state index contributed by atoms with van der Waals surface area (Å²) in [5.41, 5.74) is 2.55. The molecule has 0 fully saturated rings. The predicted octanol–water partition coefficient (Wildman–Crippen LogP) is 3.54. The van der Waals surface area contributed by atoms with E-state index in [0.717, 1.165) is 11.3 Å². The summed E-state index contributed by atoms with van der Waals surface area (Å²) < 4.78 is 0. The van der Waals surface area contributed by atoms with E-state index >= 15 is 0 Å². The van der Waals surface area contributed by atoms with E-state index in [1.807, 2.05) is 54.6 Å². The second-order valence-electron chi connectivity index (χ2n) is 5.71. The monoisotopic (exact) mass is 306 g/mol. The van der Waals surface area contributed by atoms with Crippen LogP contribution in [0.25, 0.3) is 0 Å². The normalized spacial score (nSPS) is 9.87. The van der Waals surface area contributed by atoms with Crippen LogP contribution >= 0.6 is 0 Å². The van der Waals surface area contributed by atoms with E-state index in [0.29, 0.717) is 24.6 Å². The molecule has 0 aromatic heterocycles. The molecular formula is C20H22N2O. The van der Waals surface area contributed by atoms with Crippen molar-refractivity contribution >= 4 is 11.6 Å². The molecule has 2 N–H and O–H groups in total. The van der Waals surface area contributed by atoms with E-state index in [-0.39, 0.29) is 5.91 Å². The first kappa shape index (κ1) is 16.6. The maximum atomic E-state index is 12.0. The Morgan fingerprint density at radius 3 is 2.61 bits per heavy atom. The lowest BCUT2D eigenvalue weighted by Crippen LogP contribution is -2.27. The number of anilines is 1. The topological polar surface area (TPSA) is 41.1 Å². The smallest absolute Gasteiger partial charge is 0.251 e. The highest BCUT2D eigenvalue weighted by atomic mass is 16.1. The molecule has 23 heavy (non-hydrogen) atoms. The van der Waals surface area contributed by atoms with Crippen LogP contribution in [0.2, 0.25) is 0 Å². The highest BCUT2D eigenvalue weighted by Crippen LogP contribution is 2.10. The molecule has 2 aromatic carbocycles. The summed E-state index contributed by atoms with van der Waals surface area (Å²) in [6, 6.07) is 17.3. The third-order valence-electron chi connectivity index (χ3n) is 3.18. The van der Waals surface area contributed by atoms with Gasteiger partial charge in [0.2, 0.25) is 0 Å². The standard InChI is InChI=1S/C20H22N2O/c1-16(2)15-22-20(23)18-11-6-12-19(14-18)21-13-7-10-17-8-4-3-5-9-17/h3-6,8-9,11-12,14,16,21H,13,15H2,1-2H3,(H,22,23). The van der Waals surface area contributed by atoms with Gasteiger partial charge in [-0.2, -0.15) is 0 Å². The van der Waals surface area contributed by atoms with Crippen LogP contribution in [0.3, 0.4) is 0 Å². The lowest BCUT2D eigenvalue weighted by Gasteiger charge is -2.09. The van der Waals surface area contributed by atoms with Gasteiger partial charge < -0.3 is 10.6 Å². The Morgan fingerprint density at radius 1 is 1.09 bits per heavy atom. The molecule has 0 atom stereocenters. The van der Waals surface area contributed by atoms with Crippen molar-refractivity contribution in [1.82, 2.24) is 5.32 Å². The van der Waals surface area contributed by atoms with Gasteiger partial charge in [-0.3, -0.25) is 4.79 Å². The summed E-state index contributed by atoms with van der Waals surface area (Å²) in [5.74, 6) is 6.57. The summed E-state index contributed by atoms with van der Waals surface area (Å²) in [6.45, 7) is 5.36. The molecule has 0 heterocycles. The van der Waals surface area contributed by atoms with Gasteiger partial charge in [0.15, 0.2) is 0 Å². The Hall–Kier alpha value is -2.73. The molecule has 0 aliphatic carbocycles. The molecule has 0 bridgehead atoms. The Kier molecular flexibility index (Phi) is 6.26. The molecular weight excluding hydrogens is 284 g/mol. The minimum atomic E-state index is -0.0438. The summed E-state index contributed by atoms with van der Waals surface area (Å²) in [6.07, 6.45) is 0. The molecule has 0 aliphatic heterocycles. The molecule has 0 saturated heterocycles. The fourth-order valence-electron chi connectivity index (χ4n) is 1.98. The fraction of sp³-hybridized carbons (Fsp3) is 0.250. The van der Waals surface area contributed by atoms with E-state index in [1.165, 1.54) is 0 Å². The van der Waals surface area contributed by atoms with Crippen molar-refractivity contribution < 1.29 is 4.79 Å². The SMILES string of the molecule is CC(C)CNC(=O)c1cccc(NCC#Cc2ccccc2)c1. The number of rotatable bonds is 5. The van der Waals surface area contributed by atoms with Crippen molar-refractivity contribution in [2.24, 2.45) is 5.92 Å². The zero-order chi connectivity index (χ0) is 16.5. The molecule has 0 saturated carbocycles. The molecule has 2 rings (SSSR count). The van der Waals surface area contributed by atoms with Gasteiger partial charge in [0, 0.05) is 23.4 Å². The molecule has 0 radical (unpaired) electrons. The van der Waals surface area contributed by atoms with E-state index in [4.69, 9.17) is 0 Å². The summed E-state index contributed by atoms with van der Waals surface area (Å²) >= 11 is 0. The van der Waals surface area contributed by atoms with Crippen LogP contribution in [0.4, 0.5) is 5.69 Å². The number of hydrogen-bond acceptors (Lipinski definition) is 2. The third-order valence-corrected chi connectivity index (χ3v) is 3.18. The van der Waals surface area contributed by atoms with Gasteiger partial charge in [-0.05, 0) is 36.2 Å². The molecule has 118 valence electrons. The predicted molar refractivity (Wildman–Crippen MR) is 95.4 cm³/mol. The molecule has 0 unspecified atom stereocenters. The first-order chi connectivity index (χ1) is 11.1. The van der Waals surface area contributed by atoms with Crippen molar-refractivity contribution in [3.05, 3.63) is 65.7 Å². The van der Waals surface area contributed by atoms with E-state index in [9.17, 15) is 4.79 Å². The Labute approximate surface area is 138 Å². The van der Waals surface area contributed by atoms with Gasteiger partial charge in [0.25, 0.3) is 5.91 Å². The number of carbonyl (C=O) groups is 1. The van der Waals surface area contributed by atoms with Gasteiger partial charge in [-0.15, -0.1) is 0 Å². The lowest BCUT2D eigenvalue weighted by molar-refractivity contribution is 0.0949. The quantitative estimate of drug-likeness (QED) is 0.830. The third kappa shape index (κ3) is 5.88. The highest BCUT2D eigenvalue weighted by molar-refractivity contribution is 5.95. The van der Waals surface area contributed by atoms with Gasteiger partial charge in [0.05, 0.1) is 6.54 Å². The molecule has 0 aliphatic rings. The van der Waals surface area contributed by atoms with Crippen LogP contribution in [-0.2, 0) is 0 Å². The van der Waals surface area contributed by atoms with Gasteiger partial charge in [-0.1, -0.05) is 50.0 Å². The van der Waals surface area contributed by atoms with E-state index in [1.54, 1.807) is 0 Å². The average Bonchev–Trinajstić information content (AvgIpc) is 2.58. The largest absolute Gasteiger partial charge is 0.374 e.